The van der Waals surface area contributed by atoms with E-state index in [1.807, 2.05) is 39.8 Å². The summed E-state index contributed by atoms with van der Waals surface area (Å²) in [6, 6.07) is 4.14. The summed E-state index contributed by atoms with van der Waals surface area (Å²) in [6.07, 6.45) is 1.10. The third-order valence-corrected chi connectivity index (χ3v) is 4.55. The van der Waals surface area contributed by atoms with Crippen molar-refractivity contribution < 1.29 is 14.0 Å². The van der Waals surface area contributed by atoms with Gasteiger partial charge in [-0.3, -0.25) is 0 Å². The van der Waals surface area contributed by atoms with E-state index in [4.69, 9.17) is 14.0 Å². The summed E-state index contributed by atoms with van der Waals surface area (Å²) in [7, 11) is 3.94. The Bertz CT molecular complexity index is 786. The standard InChI is InChI=1S/C20H30N4O3/c1-7-25-16-9-14-8-13(2)26-18(14)15(10-16)11-21-20(3,4)19-22-17(27-23-19)12-24(5)6/h9-10,13,21H,7-8,11-12H2,1-6H3. The van der Waals surface area contributed by atoms with Crippen LogP contribution in [0.15, 0.2) is 16.7 Å². The molecule has 0 saturated heterocycles. The minimum atomic E-state index is -0.438. The van der Waals surface area contributed by atoms with E-state index < -0.39 is 5.54 Å². The molecule has 0 spiro atoms. The quantitative estimate of drug-likeness (QED) is 0.762. The Morgan fingerprint density at radius 3 is 2.81 bits per heavy atom. The smallest absolute Gasteiger partial charge is 0.240 e. The largest absolute Gasteiger partial charge is 0.494 e. The highest BCUT2D eigenvalue weighted by Gasteiger charge is 2.29. The first-order valence-electron chi connectivity index (χ1n) is 9.46. The highest BCUT2D eigenvalue weighted by molar-refractivity contribution is 5.50. The highest BCUT2D eigenvalue weighted by Crippen LogP contribution is 2.36. The van der Waals surface area contributed by atoms with E-state index in [-0.39, 0.29) is 6.10 Å². The van der Waals surface area contributed by atoms with Gasteiger partial charge in [0.05, 0.1) is 18.7 Å². The lowest BCUT2D eigenvalue weighted by atomic mass is 10.0. The van der Waals surface area contributed by atoms with Crippen molar-refractivity contribution in [1.82, 2.24) is 20.4 Å². The molecule has 7 heteroatoms. The van der Waals surface area contributed by atoms with Gasteiger partial charge in [0.2, 0.25) is 5.89 Å². The maximum Gasteiger partial charge on any atom is 0.240 e. The maximum atomic E-state index is 6.04. The zero-order chi connectivity index (χ0) is 19.6. The lowest BCUT2D eigenvalue weighted by molar-refractivity contribution is 0.250. The molecule has 1 N–H and O–H groups in total. The SMILES string of the molecule is CCOc1cc(CNC(C)(C)c2noc(CN(C)C)n2)c2c(c1)CC(C)O2. The second kappa shape index (κ2) is 7.86. The molecule has 0 aliphatic carbocycles. The van der Waals surface area contributed by atoms with Crippen LogP contribution in [0.5, 0.6) is 11.5 Å². The third-order valence-electron chi connectivity index (χ3n) is 4.55. The molecule has 3 rings (SSSR count). The van der Waals surface area contributed by atoms with Gasteiger partial charge in [0.1, 0.15) is 17.6 Å². The van der Waals surface area contributed by atoms with Crippen LogP contribution in [0.1, 0.15) is 50.5 Å². The van der Waals surface area contributed by atoms with Gasteiger partial charge in [0.15, 0.2) is 5.82 Å². The van der Waals surface area contributed by atoms with Gasteiger partial charge >= 0.3 is 0 Å². The minimum absolute atomic E-state index is 0.189. The van der Waals surface area contributed by atoms with Gasteiger partial charge in [-0.05, 0) is 53.9 Å². The molecule has 1 aromatic heterocycles. The molecule has 0 amide bonds. The summed E-state index contributed by atoms with van der Waals surface area (Å²) < 4.78 is 17.1. The fourth-order valence-corrected chi connectivity index (χ4v) is 3.20. The Morgan fingerprint density at radius 1 is 1.33 bits per heavy atom. The van der Waals surface area contributed by atoms with Crippen LogP contribution in [0.25, 0.3) is 0 Å². The highest BCUT2D eigenvalue weighted by atomic mass is 16.5. The van der Waals surface area contributed by atoms with Gasteiger partial charge < -0.3 is 24.2 Å². The Hall–Kier alpha value is -2.12. The van der Waals surface area contributed by atoms with Crippen molar-refractivity contribution in [3.63, 3.8) is 0 Å². The lowest BCUT2D eigenvalue weighted by Crippen LogP contribution is -2.37. The van der Waals surface area contributed by atoms with Crippen molar-refractivity contribution in [1.29, 1.82) is 0 Å². The van der Waals surface area contributed by atoms with Crippen molar-refractivity contribution in [2.24, 2.45) is 0 Å². The van der Waals surface area contributed by atoms with E-state index in [9.17, 15) is 0 Å². The Morgan fingerprint density at radius 2 is 2.11 bits per heavy atom. The molecule has 0 fully saturated rings. The number of hydrogen-bond acceptors (Lipinski definition) is 7. The molecular formula is C20H30N4O3. The molecule has 7 nitrogen and oxygen atoms in total. The molecule has 2 aromatic rings. The predicted octanol–water partition coefficient (Wildman–Crippen LogP) is 2.88. The molecule has 2 heterocycles. The van der Waals surface area contributed by atoms with Crippen LogP contribution >= 0.6 is 0 Å². The molecule has 1 aromatic carbocycles. The van der Waals surface area contributed by atoms with Crippen LogP contribution in [0.4, 0.5) is 0 Å². The second-order valence-corrected chi connectivity index (χ2v) is 7.86. The van der Waals surface area contributed by atoms with E-state index >= 15 is 0 Å². The number of fused-ring (bicyclic) bond motifs is 1. The topological polar surface area (TPSA) is 72.7 Å². The number of nitrogens with one attached hydrogen (secondary N) is 1. The van der Waals surface area contributed by atoms with E-state index in [1.165, 1.54) is 5.56 Å². The number of aromatic nitrogens is 2. The Labute approximate surface area is 161 Å². The molecule has 0 radical (unpaired) electrons. The van der Waals surface area contributed by atoms with Gasteiger partial charge in [0, 0.05) is 24.1 Å². The first kappa shape index (κ1) is 19.6. The maximum absolute atomic E-state index is 6.04. The van der Waals surface area contributed by atoms with Crippen LogP contribution < -0.4 is 14.8 Å². The number of benzene rings is 1. The summed E-state index contributed by atoms with van der Waals surface area (Å²) in [6.45, 7) is 10.1. The zero-order valence-electron chi connectivity index (χ0n) is 17.1. The molecule has 0 bridgehead atoms. The zero-order valence-corrected chi connectivity index (χ0v) is 17.1. The molecule has 27 heavy (non-hydrogen) atoms. The number of rotatable bonds is 8. The van der Waals surface area contributed by atoms with E-state index in [0.717, 1.165) is 23.5 Å². The molecule has 0 saturated carbocycles. The molecule has 1 aliphatic rings. The fraction of sp³-hybridized carbons (Fsp3) is 0.600. The minimum Gasteiger partial charge on any atom is -0.494 e. The third kappa shape index (κ3) is 4.59. The van der Waals surface area contributed by atoms with Crippen molar-refractivity contribution >= 4 is 0 Å². The molecule has 1 unspecified atom stereocenters. The van der Waals surface area contributed by atoms with Gasteiger partial charge in [-0.25, -0.2) is 0 Å². The molecule has 148 valence electrons. The number of nitrogens with zero attached hydrogens (tertiary/aromatic N) is 3. The summed E-state index contributed by atoms with van der Waals surface area (Å²) in [5.41, 5.74) is 1.86. The predicted molar refractivity (Wildman–Crippen MR) is 103 cm³/mol. The average Bonchev–Trinajstić information content (AvgIpc) is 3.18. The molecular weight excluding hydrogens is 344 g/mol. The van der Waals surface area contributed by atoms with Gasteiger partial charge in [-0.1, -0.05) is 5.16 Å². The van der Waals surface area contributed by atoms with Gasteiger partial charge in [-0.15, -0.1) is 0 Å². The Balaban J connectivity index is 1.76. The molecule has 1 atom stereocenters. The van der Waals surface area contributed by atoms with Crippen LogP contribution in [-0.2, 0) is 25.0 Å². The van der Waals surface area contributed by atoms with Crippen molar-refractivity contribution in [3.05, 3.63) is 35.0 Å². The van der Waals surface area contributed by atoms with Gasteiger partial charge in [0.25, 0.3) is 0 Å². The summed E-state index contributed by atoms with van der Waals surface area (Å²) in [5.74, 6) is 3.11. The second-order valence-electron chi connectivity index (χ2n) is 7.86. The van der Waals surface area contributed by atoms with Crippen molar-refractivity contribution in [3.8, 4) is 11.5 Å². The van der Waals surface area contributed by atoms with Crippen LogP contribution in [-0.4, -0.2) is 41.8 Å². The fourth-order valence-electron chi connectivity index (χ4n) is 3.20. The van der Waals surface area contributed by atoms with E-state index in [1.54, 1.807) is 0 Å². The van der Waals surface area contributed by atoms with Crippen LogP contribution in [0.2, 0.25) is 0 Å². The van der Waals surface area contributed by atoms with E-state index in [0.29, 0.717) is 31.4 Å². The van der Waals surface area contributed by atoms with Crippen molar-refractivity contribution in [2.75, 3.05) is 20.7 Å². The van der Waals surface area contributed by atoms with Crippen molar-refractivity contribution in [2.45, 2.75) is 58.8 Å². The summed E-state index contributed by atoms with van der Waals surface area (Å²) >= 11 is 0. The van der Waals surface area contributed by atoms with Crippen LogP contribution in [0, 0.1) is 0 Å². The van der Waals surface area contributed by atoms with E-state index in [2.05, 4.69) is 34.5 Å². The molecule has 1 aliphatic heterocycles. The Kier molecular flexibility index (Phi) is 5.72. The lowest BCUT2D eigenvalue weighted by Gasteiger charge is -2.23. The summed E-state index contributed by atoms with van der Waals surface area (Å²) in [5, 5.41) is 7.69. The number of ether oxygens (including phenoxy) is 2. The monoisotopic (exact) mass is 374 g/mol. The number of hydrogen-bond donors (Lipinski definition) is 1. The average molecular weight is 374 g/mol. The first-order chi connectivity index (χ1) is 12.8. The summed E-state index contributed by atoms with van der Waals surface area (Å²) in [4.78, 5) is 6.53. The van der Waals surface area contributed by atoms with Crippen LogP contribution in [0.3, 0.4) is 0 Å². The van der Waals surface area contributed by atoms with Gasteiger partial charge in [-0.2, -0.15) is 4.98 Å². The normalized spacial score (nSPS) is 16.5. The first-order valence-corrected chi connectivity index (χ1v) is 9.46.